The van der Waals surface area contributed by atoms with Crippen LogP contribution in [-0.2, 0) is 14.6 Å². The van der Waals surface area contributed by atoms with Gasteiger partial charge < -0.3 is 0 Å². The van der Waals surface area contributed by atoms with Gasteiger partial charge in [-0.05, 0) is 12.8 Å². The standard InChI is InChI=1S/C8H14O4S/c1-3-5-6-7-8(4-2)12-13(9,10)11/h2,8H,3,5-7H2,1H3,(H,9,10,11)/t8-/m1/s1. The first-order valence-electron chi connectivity index (χ1n) is 4.11. The first kappa shape index (κ1) is 12.4. The summed E-state index contributed by atoms with van der Waals surface area (Å²) in [6, 6.07) is 0. The number of hydrogen-bond donors (Lipinski definition) is 1. The zero-order valence-electron chi connectivity index (χ0n) is 7.56. The molecule has 76 valence electrons. The van der Waals surface area contributed by atoms with Gasteiger partial charge in [-0.3, -0.25) is 4.55 Å². The minimum atomic E-state index is -4.42. The van der Waals surface area contributed by atoms with Gasteiger partial charge in [-0.2, -0.15) is 8.42 Å². The van der Waals surface area contributed by atoms with Crippen LogP contribution in [0.15, 0.2) is 0 Å². The van der Waals surface area contributed by atoms with Crippen molar-refractivity contribution in [3.63, 3.8) is 0 Å². The van der Waals surface area contributed by atoms with Crippen LogP contribution in [-0.4, -0.2) is 19.1 Å². The van der Waals surface area contributed by atoms with Gasteiger partial charge in [-0.1, -0.05) is 25.7 Å². The SMILES string of the molecule is C#C[C@H](CCCCC)OS(=O)(=O)O. The fourth-order valence-electron chi connectivity index (χ4n) is 0.886. The molecule has 0 spiro atoms. The van der Waals surface area contributed by atoms with Gasteiger partial charge >= 0.3 is 10.4 Å². The van der Waals surface area contributed by atoms with E-state index in [-0.39, 0.29) is 0 Å². The Balaban J connectivity index is 3.86. The lowest BCUT2D eigenvalue weighted by atomic mass is 10.1. The molecule has 0 aromatic rings. The molecule has 0 unspecified atom stereocenters. The molecule has 0 rings (SSSR count). The second-order valence-corrected chi connectivity index (χ2v) is 3.72. The molecule has 0 aliphatic carbocycles. The Morgan fingerprint density at radius 2 is 2.15 bits per heavy atom. The molecule has 4 nitrogen and oxygen atoms in total. The second kappa shape index (κ2) is 5.97. The zero-order chi connectivity index (χ0) is 10.3. The van der Waals surface area contributed by atoms with Crippen LogP contribution in [0.4, 0.5) is 0 Å². The van der Waals surface area contributed by atoms with E-state index in [1.165, 1.54) is 0 Å². The predicted molar refractivity (Wildman–Crippen MR) is 49.4 cm³/mol. The third-order valence-electron chi connectivity index (χ3n) is 1.49. The smallest absolute Gasteiger partial charge is 0.263 e. The summed E-state index contributed by atoms with van der Waals surface area (Å²) in [5, 5.41) is 0. The van der Waals surface area contributed by atoms with Crippen molar-refractivity contribution in [3.8, 4) is 12.3 Å². The topological polar surface area (TPSA) is 63.6 Å². The molecule has 5 heteroatoms. The third kappa shape index (κ3) is 7.78. The van der Waals surface area contributed by atoms with Crippen molar-refractivity contribution >= 4 is 10.4 Å². The number of hydrogen-bond acceptors (Lipinski definition) is 3. The average Bonchev–Trinajstić information content (AvgIpc) is 2.01. The van der Waals surface area contributed by atoms with Crippen LogP contribution in [0.1, 0.15) is 32.6 Å². The Kier molecular flexibility index (Phi) is 5.71. The molecule has 1 atom stereocenters. The fourth-order valence-corrected chi connectivity index (χ4v) is 1.33. The molecule has 0 amide bonds. The first-order valence-corrected chi connectivity index (χ1v) is 5.48. The molecule has 13 heavy (non-hydrogen) atoms. The van der Waals surface area contributed by atoms with Crippen LogP contribution in [0.25, 0.3) is 0 Å². The van der Waals surface area contributed by atoms with E-state index < -0.39 is 16.5 Å². The summed E-state index contributed by atoms with van der Waals surface area (Å²) in [5.74, 6) is 2.16. The number of rotatable bonds is 6. The van der Waals surface area contributed by atoms with Crippen molar-refractivity contribution in [1.82, 2.24) is 0 Å². The molecule has 0 aromatic carbocycles. The summed E-state index contributed by atoms with van der Waals surface area (Å²) in [7, 11) is -4.42. The Bertz CT molecular complexity index is 262. The maximum Gasteiger partial charge on any atom is 0.398 e. The van der Waals surface area contributed by atoms with Crippen LogP contribution < -0.4 is 0 Å². The average molecular weight is 206 g/mol. The van der Waals surface area contributed by atoms with Gasteiger partial charge in [-0.25, -0.2) is 4.18 Å². The van der Waals surface area contributed by atoms with Gasteiger partial charge in [-0.15, -0.1) is 6.42 Å². The zero-order valence-corrected chi connectivity index (χ0v) is 8.38. The molecule has 0 fully saturated rings. The molecule has 1 N–H and O–H groups in total. The van der Waals surface area contributed by atoms with Gasteiger partial charge in [0, 0.05) is 0 Å². The quantitative estimate of drug-likeness (QED) is 0.405. The molecule has 0 saturated carbocycles. The Morgan fingerprint density at radius 1 is 1.54 bits per heavy atom. The maximum atomic E-state index is 10.3. The summed E-state index contributed by atoms with van der Waals surface area (Å²) in [4.78, 5) is 0. The Labute approximate surface area is 79.2 Å². The predicted octanol–water partition coefficient (Wildman–Crippen LogP) is 1.39. The van der Waals surface area contributed by atoms with Crippen molar-refractivity contribution < 1.29 is 17.2 Å². The number of terminal acetylenes is 1. The maximum absolute atomic E-state index is 10.3. The van der Waals surface area contributed by atoms with E-state index in [0.29, 0.717) is 6.42 Å². The van der Waals surface area contributed by atoms with E-state index in [1.54, 1.807) is 0 Å². The number of unbranched alkanes of at least 4 members (excludes halogenated alkanes) is 2. The van der Waals surface area contributed by atoms with E-state index >= 15 is 0 Å². The van der Waals surface area contributed by atoms with Crippen molar-refractivity contribution in [2.24, 2.45) is 0 Å². The van der Waals surface area contributed by atoms with Gasteiger partial charge in [0.15, 0.2) is 0 Å². The van der Waals surface area contributed by atoms with E-state index in [1.807, 2.05) is 6.92 Å². The second-order valence-electron chi connectivity index (χ2n) is 2.68. The highest BCUT2D eigenvalue weighted by molar-refractivity contribution is 7.80. The monoisotopic (exact) mass is 206 g/mol. The van der Waals surface area contributed by atoms with Crippen LogP contribution in [0, 0.1) is 12.3 Å². The minimum Gasteiger partial charge on any atom is -0.263 e. The van der Waals surface area contributed by atoms with Gasteiger partial charge in [0.25, 0.3) is 0 Å². The summed E-state index contributed by atoms with van der Waals surface area (Å²) < 4.78 is 33.1. The largest absolute Gasteiger partial charge is 0.398 e. The highest BCUT2D eigenvalue weighted by Crippen LogP contribution is 2.07. The Morgan fingerprint density at radius 3 is 2.54 bits per heavy atom. The van der Waals surface area contributed by atoms with Crippen LogP contribution >= 0.6 is 0 Å². The summed E-state index contributed by atoms with van der Waals surface area (Å²) >= 11 is 0. The van der Waals surface area contributed by atoms with Gasteiger partial charge in [0.2, 0.25) is 0 Å². The van der Waals surface area contributed by atoms with Crippen LogP contribution in [0.3, 0.4) is 0 Å². The Hall–Kier alpha value is -0.570. The van der Waals surface area contributed by atoms with Crippen molar-refractivity contribution in [1.29, 1.82) is 0 Å². The highest BCUT2D eigenvalue weighted by Gasteiger charge is 2.13. The van der Waals surface area contributed by atoms with Crippen molar-refractivity contribution in [2.45, 2.75) is 38.7 Å². The summed E-state index contributed by atoms with van der Waals surface area (Å²) in [6.45, 7) is 2.02. The molecule has 0 aromatic heterocycles. The van der Waals surface area contributed by atoms with Gasteiger partial charge in [0.05, 0.1) is 0 Å². The molecular weight excluding hydrogens is 192 g/mol. The molecule has 0 radical (unpaired) electrons. The van der Waals surface area contributed by atoms with Crippen LogP contribution in [0.5, 0.6) is 0 Å². The molecule has 0 saturated heterocycles. The van der Waals surface area contributed by atoms with E-state index in [0.717, 1.165) is 19.3 Å². The molecule has 0 heterocycles. The highest BCUT2D eigenvalue weighted by atomic mass is 32.3. The molecule has 0 aliphatic heterocycles. The lowest BCUT2D eigenvalue weighted by Gasteiger charge is -2.07. The minimum absolute atomic E-state index is 0.449. The fraction of sp³-hybridized carbons (Fsp3) is 0.750. The lowest BCUT2D eigenvalue weighted by Crippen LogP contribution is -2.15. The van der Waals surface area contributed by atoms with E-state index in [9.17, 15) is 8.42 Å². The molecule has 0 aliphatic rings. The van der Waals surface area contributed by atoms with E-state index in [4.69, 9.17) is 11.0 Å². The van der Waals surface area contributed by atoms with Gasteiger partial charge in [0.1, 0.15) is 6.10 Å². The summed E-state index contributed by atoms with van der Waals surface area (Å²) in [5.41, 5.74) is 0. The summed E-state index contributed by atoms with van der Waals surface area (Å²) in [6.07, 6.45) is 7.39. The lowest BCUT2D eigenvalue weighted by molar-refractivity contribution is 0.215. The van der Waals surface area contributed by atoms with E-state index in [2.05, 4.69) is 10.1 Å². The molecular formula is C8H14O4S. The van der Waals surface area contributed by atoms with Crippen LogP contribution in [0.2, 0.25) is 0 Å². The third-order valence-corrected chi connectivity index (χ3v) is 1.97. The van der Waals surface area contributed by atoms with Crippen molar-refractivity contribution in [2.75, 3.05) is 0 Å². The van der Waals surface area contributed by atoms with Crippen molar-refractivity contribution in [3.05, 3.63) is 0 Å². The first-order chi connectivity index (χ1) is 5.99. The molecule has 0 bridgehead atoms. The normalized spacial score (nSPS) is 13.6.